The maximum Gasteiger partial charge on any atom is 0.181 e. The van der Waals surface area contributed by atoms with Crippen LogP contribution in [-0.4, -0.2) is 11.9 Å². The highest BCUT2D eigenvalue weighted by atomic mass is 16.5. The van der Waals surface area contributed by atoms with Gasteiger partial charge in [-0.3, -0.25) is 0 Å². The second-order valence-corrected chi connectivity index (χ2v) is 3.34. The van der Waals surface area contributed by atoms with Crippen molar-refractivity contribution in [3.63, 3.8) is 0 Å². The summed E-state index contributed by atoms with van der Waals surface area (Å²) in [6, 6.07) is 10.5. The molecule has 1 heterocycles. The molecule has 2 rings (SSSR count). The Morgan fingerprint density at radius 1 is 1.23 bits per heavy atom. The van der Waals surface area contributed by atoms with Crippen LogP contribution >= 0.6 is 0 Å². The number of aliphatic imine (C=N–C) groups is 1. The lowest BCUT2D eigenvalue weighted by atomic mass is 10.0. The summed E-state index contributed by atoms with van der Waals surface area (Å²) in [6.45, 7) is 3.98. The second kappa shape index (κ2) is 3.21. The van der Waals surface area contributed by atoms with E-state index < -0.39 is 0 Å². The van der Waals surface area contributed by atoms with E-state index in [4.69, 9.17) is 4.74 Å². The monoisotopic (exact) mass is 175 g/mol. The molecule has 0 fully saturated rings. The van der Waals surface area contributed by atoms with E-state index in [0.717, 1.165) is 5.90 Å². The van der Waals surface area contributed by atoms with Gasteiger partial charge in [-0.1, -0.05) is 30.3 Å². The maximum absolute atomic E-state index is 5.61. The quantitative estimate of drug-likeness (QED) is 0.642. The summed E-state index contributed by atoms with van der Waals surface area (Å²) in [6.07, 6.45) is 0.112. The van der Waals surface area contributed by atoms with Crippen LogP contribution in [0.3, 0.4) is 0 Å². The molecule has 0 spiro atoms. The number of benzene rings is 1. The summed E-state index contributed by atoms with van der Waals surface area (Å²) in [5.74, 6) is 0.793. The fraction of sp³-hybridized carbons (Fsp3) is 0.364. The topological polar surface area (TPSA) is 21.6 Å². The van der Waals surface area contributed by atoms with Gasteiger partial charge in [-0.05, 0) is 12.5 Å². The van der Waals surface area contributed by atoms with Gasteiger partial charge < -0.3 is 4.74 Å². The van der Waals surface area contributed by atoms with Gasteiger partial charge in [0.15, 0.2) is 5.90 Å². The molecule has 68 valence electrons. The Bertz CT molecular complexity index is 318. The highest BCUT2D eigenvalue weighted by Gasteiger charge is 2.26. The van der Waals surface area contributed by atoms with Crippen molar-refractivity contribution in [2.75, 3.05) is 0 Å². The summed E-state index contributed by atoms with van der Waals surface area (Å²) >= 11 is 0. The van der Waals surface area contributed by atoms with E-state index in [9.17, 15) is 0 Å². The van der Waals surface area contributed by atoms with Gasteiger partial charge in [0, 0.05) is 6.92 Å². The highest BCUT2D eigenvalue weighted by Crippen LogP contribution is 2.28. The van der Waals surface area contributed by atoms with Crippen molar-refractivity contribution in [2.24, 2.45) is 4.99 Å². The minimum absolute atomic E-state index is 0.112. The van der Waals surface area contributed by atoms with Gasteiger partial charge in [-0.25, -0.2) is 4.99 Å². The minimum Gasteiger partial charge on any atom is -0.471 e. The molecule has 1 aliphatic rings. The number of nitrogens with zero attached hydrogens (tertiary/aromatic N) is 1. The second-order valence-electron chi connectivity index (χ2n) is 3.34. The molecule has 0 aromatic heterocycles. The standard InChI is InChI=1S/C11H13NO/c1-8-11(13-9(2)12-8)10-6-4-3-5-7-10/h3-8,11H,1-2H3. The molecule has 2 unspecified atom stereocenters. The zero-order valence-corrected chi connectivity index (χ0v) is 7.90. The van der Waals surface area contributed by atoms with Crippen molar-refractivity contribution >= 4 is 5.90 Å². The smallest absolute Gasteiger partial charge is 0.181 e. The Hall–Kier alpha value is -1.31. The van der Waals surface area contributed by atoms with Gasteiger partial charge in [0.25, 0.3) is 0 Å². The van der Waals surface area contributed by atoms with Gasteiger partial charge in [0.1, 0.15) is 6.10 Å². The molecule has 0 radical (unpaired) electrons. The summed E-state index contributed by atoms with van der Waals surface area (Å²) in [4.78, 5) is 4.34. The molecule has 0 N–H and O–H groups in total. The first-order chi connectivity index (χ1) is 6.27. The van der Waals surface area contributed by atoms with E-state index >= 15 is 0 Å². The number of rotatable bonds is 1. The summed E-state index contributed by atoms with van der Waals surface area (Å²) in [5, 5.41) is 0. The third-order valence-corrected chi connectivity index (χ3v) is 2.25. The van der Waals surface area contributed by atoms with Gasteiger partial charge in [0.2, 0.25) is 0 Å². The SMILES string of the molecule is CC1=NC(C)C(c2ccccc2)O1. The number of hydrogen-bond donors (Lipinski definition) is 0. The van der Waals surface area contributed by atoms with Crippen molar-refractivity contribution in [2.45, 2.75) is 26.0 Å². The molecule has 1 aromatic rings. The molecule has 0 bridgehead atoms. The van der Waals surface area contributed by atoms with Crippen molar-refractivity contribution in [1.82, 2.24) is 0 Å². The van der Waals surface area contributed by atoms with E-state index in [-0.39, 0.29) is 12.1 Å². The van der Waals surface area contributed by atoms with Crippen molar-refractivity contribution in [3.8, 4) is 0 Å². The zero-order chi connectivity index (χ0) is 9.26. The van der Waals surface area contributed by atoms with Crippen LogP contribution in [0.1, 0.15) is 25.5 Å². The van der Waals surface area contributed by atoms with E-state index in [1.807, 2.05) is 25.1 Å². The highest BCUT2D eigenvalue weighted by molar-refractivity contribution is 5.75. The van der Waals surface area contributed by atoms with E-state index in [1.54, 1.807) is 0 Å². The predicted octanol–water partition coefficient (Wildman–Crippen LogP) is 2.56. The fourth-order valence-electron chi connectivity index (χ4n) is 1.66. The molecule has 1 aliphatic heterocycles. The lowest BCUT2D eigenvalue weighted by Crippen LogP contribution is -2.09. The third kappa shape index (κ3) is 1.57. The largest absolute Gasteiger partial charge is 0.471 e. The predicted molar refractivity (Wildman–Crippen MR) is 52.8 cm³/mol. The van der Waals surface area contributed by atoms with Crippen LogP contribution in [0.25, 0.3) is 0 Å². The number of ether oxygens (including phenoxy) is 1. The lowest BCUT2D eigenvalue weighted by molar-refractivity contribution is 0.200. The molecule has 1 aromatic carbocycles. The molecule has 2 atom stereocenters. The fourth-order valence-corrected chi connectivity index (χ4v) is 1.66. The molecular weight excluding hydrogens is 162 g/mol. The molecule has 0 saturated carbocycles. The minimum atomic E-state index is 0.112. The van der Waals surface area contributed by atoms with Crippen molar-refractivity contribution in [1.29, 1.82) is 0 Å². The van der Waals surface area contributed by atoms with E-state index in [0.29, 0.717) is 0 Å². The first-order valence-electron chi connectivity index (χ1n) is 4.53. The summed E-state index contributed by atoms with van der Waals surface area (Å²) < 4.78 is 5.61. The molecular formula is C11H13NO. The Morgan fingerprint density at radius 2 is 1.92 bits per heavy atom. The lowest BCUT2D eigenvalue weighted by Gasteiger charge is -2.14. The van der Waals surface area contributed by atoms with Crippen LogP contribution < -0.4 is 0 Å². The Morgan fingerprint density at radius 3 is 2.46 bits per heavy atom. The van der Waals surface area contributed by atoms with Gasteiger partial charge in [0.05, 0.1) is 6.04 Å². The zero-order valence-electron chi connectivity index (χ0n) is 7.90. The van der Waals surface area contributed by atoms with Gasteiger partial charge in [-0.2, -0.15) is 0 Å². The van der Waals surface area contributed by atoms with Crippen LogP contribution in [0, 0.1) is 0 Å². The summed E-state index contributed by atoms with van der Waals surface area (Å²) in [7, 11) is 0. The Kier molecular flexibility index (Phi) is 2.05. The molecule has 2 heteroatoms. The van der Waals surface area contributed by atoms with E-state index in [1.165, 1.54) is 5.56 Å². The Labute approximate surface area is 78.3 Å². The average molecular weight is 175 g/mol. The molecule has 0 aliphatic carbocycles. The molecule has 13 heavy (non-hydrogen) atoms. The summed E-state index contributed by atoms with van der Waals surface area (Å²) in [5.41, 5.74) is 1.20. The number of hydrogen-bond acceptors (Lipinski definition) is 2. The Balaban J connectivity index is 2.21. The van der Waals surface area contributed by atoms with Crippen LogP contribution in [0.5, 0.6) is 0 Å². The normalized spacial score (nSPS) is 26.8. The molecule has 2 nitrogen and oxygen atoms in total. The van der Waals surface area contributed by atoms with Crippen molar-refractivity contribution in [3.05, 3.63) is 35.9 Å². The maximum atomic E-state index is 5.61. The molecule has 0 saturated heterocycles. The first kappa shape index (κ1) is 8.30. The van der Waals surface area contributed by atoms with Crippen LogP contribution in [0.15, 0.2) is 35.3 Å². The van der Waals surface area contributed by atoms with Crippen LogP contribution in [-0.2, 0) is 4.74 Å². The molecule has 0 amide bonds. The van der Waals surface area contributed by atoms with Gasteiger partial charge in [-0.15, -0.1) is 0 Å². The van der Waals surface area contributed by atoms with E-state index in [2.05, 4.69) is 24.0 Å². The third-order valence-electron chi connectivity index (χ3n) is 2.25. The van der Waals surface area contributed by atoms with Crippen molar-refractivity contribution < 1.29 is 4.74 Å². The van der Waals surface area contributed by atoms with Crippen LogP contribution in [0.2, 0.25) is 0 Å². The van der Waals surface area contributed by atoms with Gasteiger partial charge >= 0.3 is 0 Å². The first-order valence-corrected chi connectivity index (χ1v) is 4.53. The van der Waals surface area contributed by atoms with Crippen LogP contribution in [0.4, 0.5) is 0 Å². The average Bonchev–Trinajstić information content (AvgIpc) is 2.47.